The zero-order valence-electron chi connectivity index (χ0n) is 7.05. The van der Waals surface area contributed by atoms with Crippen LogP contribution in [0.25, 0.3) is 0 Å². The molecule has 3 heteroatoms. The number of carbonyl (C=O) groups excluding carboxylic acids is 1. The molecular formula is C8H16N2O. The summed E-state index contributed by atoms with van der Waals surface area (Å²) in [7, 11) is 0. The molecule has 1 atom stereocenters. The van der Waals surface area contributed by atoms with Crippen molar-refractivity contribution < 1.29 is 4.79 Å². The molecule has 0 aliphatic carbocycles. The minimum Gasteiger partial charge on any atom is -0.338 e. The minimum absolute atomic E-state index is 0.280. The highest BCUT2D eigenvalue weighted by atomic mass is 16.2. The maximum Gasteiger partial charge on any atom is 0.222 e. The van der Waals surface area contributed by atoms with Crippen LogP contribution in [0.4, 0.5) is 0 Å². The predicted molar refractivity (Wildman–Crippen MR) is 44.1 cm³/mol. The van der Waals surface area contributed by atoms with Gasteiger partial charge >= 0.3 is 0 Å². The molecule has 1 fully saturated rings. The zero-order valence-corrected chi connectivity index (χ0v) is 7.05. The largest absolute Gasteiger partial charge is 0.338 e. The standard InChI is InChI=1S/C8H16N2O/c1-2-7-3-4-8(11)10(7)6-5-9/h7H,2-6,9H2,1H3/t7-/m1/s1. The molecule has 1 aliphatic heterocycles. The Hall–Kier alpha value is -0.570. The normalized spacial score (nSPS) is 24.7. The molecule has 0 bridgehead atoms. The molecule has 0 unspecified atom stereocenters. The van der Waals surface area contributed by atoms with Gasteiger partial charge in [0.05, 0.1) is 0 Å². The first kappa shape index (κ1) is 8.53. The van der Waals surface area contributed by atoms with Crippen molar-refractivity contribution in [1.29, 1.82) is 0 Å². The maximum absolute atomic E-state index is 11.2. The molecule has 1 aliphatic rings. The van der Waals surface area contributed by atoms with Gasteiger partial charge in [0.1, 0.15) is 0 Å². The van der Waals surface area contributed by atoms with Crippen molar-refractivity contribution in [3.05, 3.63) is 0 Å². The van der Waals surface area contributed by atoms with E-state index in [0.717, 1.165) is 25.8 Å². The van der Waals surface area contributed by atoms with Gasteiger partial charge in [-0.05, 0) is 12.8 Å². The second-order valence-electron chi connectivity index (χ2n) is 2.98. The van der Waals surface area contributed by atoms with Crippen LogP contribution < -0.4 is 5.73 Å². The Bertz CT molecular complexity index is 147. The molecule has 0 aromatic rings. The van der Waals surface area contributed by atoms with E-state index in [-0.39, 0.29) is 5.91 Å². The lowest BCUT2D eigenvalue weighted by Crippen LogP contribution is -2.36. The summed E-state index contributed by atoms with van der Waals surface area (Å²) in [5, 5.41) is 0. The maximum atomic E-state index is 11.2. The number of nitrogens with zero attached hydrogens (tertiary/aromatic N) is 1. The average molecular weight is 156 g/mol. The molecule has 1 saturated heterocycles. The van der Waals surface area contributed by atoms with Gasteiger partial charge in [-0.1, -0.05) is 6.92 Å². The van der Waals surface area contributed by atoms with E-state index in [1.54, 1.807) is 0 Å². The van der Waals surface area contributed by atoms with Crippen LogP contribution in [0.5, 0.6) is 0 Å². The first-order chi connectivity index (χ1) is 5.29. The van der Waals surface area contributed by atoms with E-state index in [1.165, 1.54) is 0 Å². The van der Waals surface area contributed by atoms with E-state index in [4.69, 9.17) is 5.73 Å². The molecule has 0 aromatic heterocycles. The number of likely N-dealkylation sites (tertiary alicyclic amines) is 1. The van der Waals surface area contributed by atoms with Gasteiger partial charge in [-0.2, -0.15) is 0 Å². The van der Waals surface area contributed by atoms with Gasteiger partial charge in [0.25, 0.3) is 0 Å². The van der Waals surface area contributed by atoms with Gasteiger partial charge < -0.3 is 10.6 Å². The molecular weight excluding hydrogens is 140 g/mol. The molecule has 0 radical (unpaired) electrons. The number of carbonyl (C=O) groups is 1. The summed E-state index contributed by atoms with van der Waals surface area (Å²) in [6, 6.07) is 0.464. The van der Waals surface area contributed by atoms with Crippen molar-refractivity contribution in [3.8, 4) is 0 Å². The average Bonchev–Trinajstić information content (AvgIpc) is 2.34. The summed E-state index contributed by atoms with van der Waals surface area (Å²) in [4.78, 5) is 13.1. The van der Waals surface area contributed by atoms with Crippen molar-refractivity contribution in [2.24, 2.45) is 5.73 Å². The van der Waals surface area contributed by atoms with Crippen molar-refractivity contribution in [2.75, 3.05) is 13.1 Å². The van der Waals surface area contributed by atoms with Gasteiger partial charge in [-0.15, -0.1) is 0 Å². The molecule has 0 aromatic carbocycles. The molecule has 1 heterocycles. The third kappa shape index (κ3) is 1.71. The van der Waals surface area contributed by atoms with E-state index in [0.29, 0.717) is 12.6 Å². The second kappa shape index (κ2) is 3.72. The zero-order chi connectivity index (χ0) is 8.27. The van der Waals surface area contributed by atoms with Crippen molar-refractivity contribution in [3.63, 3.8) is 0 Å². The van der Waals surface area contributed by atoms with Crippen molar-refractivity contribution in [2.45, 2.75) is 32.2 Å². The fourth-order valence-corrected chi connectivity index (χ4v) is 1.66. The van der Waals surface area contributed by atoms with Crippen LogP contribution in [0, 0.1) is 0 Å². The lowest BCUT2D eigenvalue weighted by molar-refractivity contribution is -0.128. The van der Waals surface area contributed by atoms with Gasteiger partial charge in [-0.25, -0.2) is 0 Å². The Morgan fingerprint density at radius 1 is 1.73 bits per heavy atom. The van der Waals surface area contributed by atoms with Crippen LogP contribution in [0.1, 0.15) is 26.2 Å². The van der Waals surface area contributed by atoms with Crippen LogP contribution in [0.3, 0.4) is 0 Å². The number of hydrogen-bond acceptors (Lipinski definition) is 2. The molecule has 11 heavy (non-hydrogen) atoms. The van der Waals surface area contributed by atoms with Crippen molar-refractivity contribution in [1.82, 2.24) is 4.90 Å². The highest BCUT2D eigenvalue weighted by molar-refractivity contribution is 5.78. The smallest absolute Gasteiger partial charge is 0.222 e. The topological polar surface area (TPSA) is 46.3 Å². The molecule has 2 N–H and O–H groups in total. The fraction of sp³-hybridized carbons (Fsp3) is 0.875. The summed E-state index contributed by atoms with van der Waals surface area (Å²) >= 11 is 0. The summed E-state index contributed by atoms with van der Waals surface area (Å²) in [6.45, 7) is 3.44. The summed E-state index contributed by atoms with van der Waals surface area (Å²) < 4.78 is 0. The molecule has 64 valence electrons. The summed E-state index contributed by atoms with van der Waals surface area (Å²) in [5.41, 5.74) is 5.39. The first-order valence-electron chi connectivity index (χ1n) is 4.29. The SMILES string of the molecule is CC[C@@H]1CCC(=O)N1CCN. The van der Waals surface area contributed by atoms with E-state index < -0.39 is 0 Å². The molecule has 1 amide bonds. The van der Waals surface area contributed by atoms with Crippen LogP contribution in [0.2, 0.25) is 0 Å². The van der Waals surface area contributed by atoms with Gasteiger partial charge in [0.15, 0.2) is 0 Å². The fourth-order valence-electron chi connectivity index (χ4n) is 1.66. The Morgan fingerprint density at radius 2 is 2.45 bits per heavy atom. The summed E-state index contributed by atoms with van der Waals surface area (Å²) in [5.74, 6) is 0.280. The van der Waals surface area contributed by atoms with E-state index >= 15 is 0 Å². The quantitative estimate of drug-likeness (QED) is 0.640. The summed E-state index contributed by atoms with van der Waals surface area (Å²) in [6.07, 6.45) is 2.81. The van der Waals surface area contributed by atoms with Gasteiger partial charge in [0.2, 0.25) is 5.91 Å². The van der Waals surface area contributed by atoms with E-state index in [9.17, 15) is 4.79 Å². The van der Waals surface area contributed by atoms with E-state index in [1.807, 2.05) is 4.90 Å². The Morgan fingerprint density at radius 3 is 3.00 bits per heavy atom. The second-order valence-corrected chi connectivity index (χ2v) is 2.98. The third-order valence-electron chi connectivity index (χ3n) is 2.29. The van der Waals surface area contributed by atoms with Crippen molar-refractivity contribution >= 4 is 5.91 Å². The van der Waals surface area contributed by atoms with Crippen LogP contribution in [0.15, 0.2) is 0 Å². The molecule has 3 nitrogen and oxygen atoms in total. The van der Waals surface area contributed by atoms with Crippen LogP contribution >= 0.6 is 0 Å². The third-order valence-corrected chi connectivity index (χ3v) is 2.29. The lowest BCUT2D eigenvalue weighted by Gasteiger charge is -2.22. The Balaban J connectivity index is 2.49. The molecule has 0 saturated carbocycles. The number of hydrogen-bond donors (Lipinski definition) is 1. The number of rotatable bonds is 3. The Kier molecular flexibility index (Phi) is 2.88. The van der Waals surface area contributed by atoms with E-state index in [2.05, 4.69) is 6.92 Å². The lowest BCUT2D eigenvalue weighted by atomic mass is 10.2. The molecule has 0 spiro atoms. The highest BCUT2D eigenvalue weighted by Gasteiger charge is 2.28. The van der Waals surface area contributed by atoms with Gasteiger partial charge in [-0.3, -0.25) is 4.79 Å². The van der Waals surface area contributed by atoms with Crippen LogP contribution in [-0.2, 0) is 4.79 Å². The minimum atomic E-state index is 0.280. The first-order valence-corrected chi connectivity index (χ1v) is 4.29. The number of amides is 1. The van der Waals surface area contributed by atoms with Gasteiger partial charge in [0, 0.05) is 25.6 Å². The van der Waals surface area contributed by atoms with Crippen LogP contribution in [-0.4, -0.2) is 29.9 Å². The highest BCUT2D eigenvalue weighted by Crippen LogP contribution is 2.19. The predicted octanol–water partition coefficient (Wildman–Crippen LogP) is 0.346. The number of nitrogens with two attached hydrogens (primary N) is 1. The Labute approximate surface area is 67.5 Å². The monoisotopic (exact) mass is 156 g/mol. The molecule has 1 rings (SSSR count).